The fourth-order valence-corrected chi connectivity index (χ4v) is 3.84. The molecule has 1 amide bonds. The maximum atomic E-state index is 14.8. The van der Waals surface area contributed by atoms with Gasteiger partial charge in [0.25, 0.3) is 0 Å². The number of carbonyl (C=O) groups excluding carboxylic acids is 1. The number of aryl methyl sites for hydroxylation is 2. The summed E-state index contributed by atoms with van der Waals surface area (Å²) in [5, 5.41) is 6.98. The molecule has 1 atom stereocenters. The number of benzene rings is 1. The third-order valence-corrected chi connectivity index (χ3v) is 5.06. The number of carbonyl (C=O) groups is 1. The number of nitrogens with zero attached hydrogens (tertiary/aromatic N) is 3. The summed E-state index contributed by atoms with van der Waals surface area (Å²) in [6, 6.07) is 4.56. The van der Waals surface area contributed by atoms with Gasteiger partial charge in [-0.15, -0.1) is 0 Å². The predicted octanol–water partition coefficient (Wildman–Crippen LogP) is 5.41. The van der Waals surface area contributed by atoms with Crippen molar-refractivity contribution >= 4 is 17.7 Å². The molecule has 1 unspecified atom stereocenters. The number of aromatic nitrogens is 3. The lowest BCUT2D eigenvalue weighted by Crippen LogP contribution is -2.34. The van der Waals surface area contributed by atoms with E-state index in [1.165, 1.54) is 6.07 Å². The molecule has 2 aromatic heterocycles. The van der Waals surface area contributed by atoms with Crippen molar-refractivity contribution in [3.8, 4) is 22.5 Å². The minimum atomic E-state index is -0.580. The van der Waals surface area contributed by atoms with Crippen LogP contribution in [0.15, 0.2) is 28.9 Å². The molecular weight excluding hydrogens is 423 g/mol. The van der Waals surface area contributed by atoms with Crippen LogP contribution in [0.3, 0.4) is 0 Å². The summed E-state index contributed by atoms with van der Waals surface area (Å²) in [5.41, 5.74) is 2.55. The molecule has 0 aliphatic heterocycles. The van der Waals surface area contributed by atoms with Gasteiger partial charge in [-0.2, -0.15) is 4.98 Å². The predicted molar refractivity (Wildman–Crippen MR) is 113 cm³/mol. The van der Waals surface area contributed by atoms with Gasteiger partial charge in [0.15, 0.2) is 0 Å². The molecule has 0 fully saturated rings. The minimum Gasteiger partial charge on any atom is -0.444 e. The van der Waals surface area contributed by atoms with E-state index < -0.39 is 17.5 Å². The summed E-state index contributed by atoms with van der Waals surface area (Å²) in [4.78, 5) is 20.9. The number of rotatable bonds is 3. The number of hydrogen-bond acceptors (Lipinski definition) is 6. The Hall–Kier alpha value is -3.00. The van der Waals surface area contributed by atoms with Gasteiger partial charge in [-0.25, -0.2) is 9.18 Å². The van der Waals surface area contributed by atoms with Crippen molar-refractivity contribution in [1.29, 1.82) is 0 Å². The number of hydrogen-bond donors (Lipinski definition) is 1. The first kappa shape index (κ1) is 21.2. The fraction of sp³-hybridized carbons (Fsp3) is 0.364. The van der Waals surface area contributed by atoms with E-state index in [9.17, 15) is 9.18 Å². The molecule has 1 aliphatic carbocycles. The van der Waals surface area contributed by atoms with Crippen LogP contribution in [0.2, 0.25) is 5.02 Å². The maximum absolute atomic E-state index is 14.8. The normalized spacial score (nSPS) is 15.6. The van der Waals surface area contributed by atoms with Gasteiger partial charge in [-0.1, -0.05) is 16.8 Å². The van der Waals surface area contributed by atoms with Gasteiger partial charge in [0.2, 0.25) is 11.7 Å². The Morgan fingerprint density at radius 1 is 1.32 bits per heavy atom. The van der Waals surface area contributed by atoms with E-state index in [0.29, 0.717) is 23.4 Å². The van der Waals surface area contributed by atoms with Gasteiger partial charge in [0.1, 0.15) is 11.4 Å². The first-order valence-electron chi connectivity index (χ1n) is 9.89. The molecule has 1 aliphatic rings. The largest absolute Gasteiger partial charge is 0.444 e. The second-order valence-electron chi connectivity index (χ2n) is 8.45. The van der Waals surface area contributed by atoms with E-state index in [2.05, 4.69) is 20.4 Å². The molecule has 0 radical (unpaired) electrons. The van der Waals surface area contributed by atoms with E-state index in [-0.39, 0.29) is 22.5 Å². The van der Waals surface area contributed by atoms with Crippen molar-refractivity contribution in [1.82, 2.24) is 20.4 Å². The Labute approximate surface area is 184 Å². The molecule has 0 saturated carbocycles. The summed E-state index contributed by atoms with van der Waals surface area (Å²) in [6.07, 6.45) is 2.57. The molecule has 1 N–H and O–H groups in total. The molecule has 1 aromatic carbocycles. The highest BCUT2D eigenvalue weighted by Crippen LogP contribution is 2.38. The quantitative estimate of drug-likeness (QED) is 0.580. The van der Waals surface area contributed by atoms with Gasteiger partial charge in [0, 0.05) is 23.7 Å². The minimum absolute atomic E-state index is 0.145. The molecular formula is C22H22ClFN4O3. The van der Waals surface area contributed by atoms with Gasteiger partial charge in [-0.3, -0.25) is 4.98 Å². The molecule has 31 heavy (non-hydrogen) atoms. The molecule has 2 heterocycles. The average molecular weight is 445 g/mol. The summed E-state index contributed by atoms with van der Waals surface area (Å²) in [7, 11) is 0. The highest BCUT2D eigenvalue weighted by Gasteiger charge is 2.28. The fourth-order valence-electron chi connectivity index (χ4n) is 3.64. The lowest BCUT2D eigenvalue weighted by molar-refractivity contribution is 0.0502. The standard InChI is InChI=1S/C22H22ClFN4O3/c1-11-26-20(28-31-11)18-15(8-14(23)9-16(18)24)13-7-12-5-6-17(19(12)25-10-13)27-21(29)30-22(2,3)4/h7-10,17H,5-6H2,1-4H3,(H,27,29). The molecule has 4 rings (SSSR count). The Kier molecular flexibility index (Phi) is 5.43. The molecule has 162 valence electrons. The van der Waals surface area contributed by atoms with Crippen LogP contribution in [-0.4, -0.2) is 26.8 Å². The van der Waals surface area contributed by atoms with Crippen molar-refractivity contribution in [3.05, 3.63) is 52.4 Å². The number of nitrogens with one attached hydrogen (secondary N) is 1. The zero-order valence-electron chi connectivity index (χ0n) is 17.6. The van der Waals surface area contributed by atoms with Gasteiger partial charge in [0.05, 0.1) is 17.3 Å². The zero-order chi connectivity index (χ0) is 22.3. The highest BCUT2D eigenvalue weighted by molar-refractivity contribution is 6.31. The number of ether oxygens (including phenoxy) is 1. The molecule has 0 bridgehead atoms. The van der Waals surface area contributed by atoms with Crippen LogP contribution in [-0.2, 0) is 11.2 Å². The van der Waals surface area contributed by atoms with Crippen LogP contribution in [0, 0.1) is 12.7 Å². The number of halogens is 2. The van der Waals surface area contributed by atoms with Crippen molar-refractivity contribution in [2.75, 3.05) is 0 Å². The van der Waals surface area contributed by atoms with Gasteiger partial charge in [-0.05, 0) is 62.9 Å². The lowest BCUT2D eigenvalue weighted by atomic mass is 9.98. The molecule has 0 spiro atoms. The van der Waals surface area contributed by atoms with Crippen molar-refractivity contribution in [2.45, 2.75) is 52.2 Å². The third-order valence-electron chi connectivity index (χ3n) is 4.84. The number of pyridine rings is 1. The van der Waals surface area contributed by atoms with E-state index in [0.717, 1.165) is 17.7 Å². The van der Waals surface area contributed by atoms with Crippen LogP contribution in [0.5, 0.6) is 0 Å². The molecule has 7 nitrogen and oxygen atoms in total. The first-order chi connectivity index (χ1) is 14.6. The SMILES string of the molecule is Cc1nc(-c2c(F)cc(Cl)cc2-c2cnc3c(c2)CCC3NC(=O)OC(C)(C)C)no1. The molecule has 0 saturated heterocycles. The summed E-state index contributed by atoms with van der Waals surface area (Å²) in [5.74, 6) is -0.0710. The van der Waals surface area contributed by atoms with Crippen LogP contribution >= 0.6 is 11.6 Å². The Bertz CT molecular complexity index is 1160. The summed E-state index contributed by atoms with van der Waals surface area (Å²) in [6.45, 7) is 7.07. The average Bonchev–Trinajstić information content (AvgIpc) is 3.25. The molecule has 3 aromatic rings. The molecule has 9 heteroatoms. The van der Waals surface area contributed by atoms with Crippen LogP contribution in [0.25, 0.3) is 22.5 Å². The van der Waals surface area contributed by atoms with Crippen molar-refractivity contribution in [3.63, 3.8) is 0 Å². The second kappa shape index (κ2) is 7.92. The monoisotopic (exact) mass is 444 g/mol. The lowest BCUT2D eigenvalue weighted by Gasteiger charge is -2.21. The van der Waals surface area contributed by atoms with Gasteiger partial charge >= 0.3 is 6.09 Å². The number of amides is 1. The Morgan fingerprint density at radius 2 is 2.10 bits per heavy atom. The Balaban J connectivity index is 1.67. The topological polar surface area (TPSA) is 90.1 Å². The van der Waals surface area contributed by atoms with Crippen LogP contribution in [0.4, 0.5) is 9.18 Å². The summed E-state index contributed by atoms with van der Waals surface area (Å²) >= 11 is 6.13. The van der Waals surface area contributed by atoms with Crippen molar-refractivity contribution < 1.29 is 18.4 Å². The van der Waals surface area contributed by atoms with Crippen LogP contribution < -0.4 is 5.32 Å². The maximum Gasteiger partial charge on any atom is 0.408 e. The van der Waals surface area contributed by atoms with Crippen LogP contribution in [0.1, 0.15) is 50.4 Å². The van der Waals surface area contributed by atoms with E-state index in [1.54, 1.807) is 19.2 Å². The highest BCUT2D eigenvalue weighted by atomic mass is 35.5. The number of fused-ring (bicyclic) bond motifs is 1. The van der Waals surface area contributed by atoms with E-state index >= 15 is 0 Å². The second-order valence-corrected chi connectivity index (χ2v) is 8.89. The summed E-state index contributed by atoms with van der Waals surface area (Å²) < 4.78 is 25.2. The first-order valence-corrected chi connectivity index (χ1v) is 10.3. The van der Waals surface area contributed by atoms with E-state index in [1.807, 2.05) is 26.8 Å². The van der Waals surface area contributed by atoms with Gasteiger partial charge < -0.3 is 14.6 Å². The zero-order valence-corrected chi connectivity index (χ0v) is 18.4. The van der Waals surface area contributed by atoms with Crippen molar-refractivity contribution in [2.24, 2.45) is 0 Å². The number of alkyl carbamates (subject to hydrolysis) is 1. The smallest absolute Gasteiger partial charge is 0.408 e. The third kappa shape index (κ3) is 4.54. The van der Waals surface area contributed by atoms with E-state index in [4.69, 9.17) is 20.9 Å². The Morgan fingerprint density at radius 3 is 2.77 bits per heavy atom.